The van der Waals surface area contributed by atoms with Gasteiger partial charge in [-0.05, 0) is 13.8 Å². The molecule has 4 aliphatic rings. The van der Waals surface area contributed by atoms with E-state index in [9.17, 15) is 4.79 Å². The van der Waals surface area contributed by atoms with Gasteiger partial charge in [-0.2, -0.15) is 0 Å². The number of carbonyl (C=O) groups excluding carboxylic acids is 1. The first kappa shape index (κ1) is 18.9. The molecular formula is C22H33NOTi. The molecule has 136 valence electrons. The molecule has 1 amide bonds. The molecule has 0 radical (unpaired) electrons. The predicted octanol–water partition coefficient (Wildman–Crippen LogP) is 5.76. The summed E-state index contributed by atoms with van der Waals surface area (Å²) in [4.78, 5) is 11.0. The van der Waals surface area contributed by atoms with E-state index in [0.29, 0.717) is 0 Å². The van der Waals surface area contributed by atoms with E-state index in [2.05, 4.69) is 41.3 Å². The van der Waals surface area contributed by atoms with Gasteiger partial charge in [0.2, 0.25) is 0 Å². The van der Waals surface area contributed by atoms with Crippen LogP contribution >= 0.6 is 0 Å². The summed E-state index contributed by atoms with van der Waals surface area (Å²) in [7, 11) is 0. The SMILES string of the molecule is C=C(C)C(=C)C.O=C[NH][Ti]1([CH]2C3C=CC=CC3C3CCCCC32)[CH2][CH2]1. The molecule has 4 rings (SSSR count). The van der Waals surface area contributed by atoms with E-state index in [1.165, 1.54) is 35.1 Å². The fraction of sp³-hybridized carbons (Fsp3) is 0.591. The van der Waals surface area contributed by atoms with Gasteiger partial charge in [-0.25, -0.2) is 0 Å². The summed E-state index contributed by atoms with van der Waals surface area (Å²) in [5, 5.41) is 0. The van der Waals surface area contributed by atoms with Crippen molar-refractivity contribution in [2.24, 2.45) is 23.7 Å². The van der Waals surface area contributed by atoms with E-state index in [-0.39, 0.29) is 0 Å². The Morgan fingerprint density at radius 2 is 1.56 bits per heavy atom. The van der Waals surface area contributed by atoms with Crippen LogP contribution in [0.5, 0.6) is 0 Å². The van der Waals surface area contributed by atoms with Gasteiger partial charge >= 0.3 is 119 Å². The van der Waals surface area contributed by atoms with Crippen LogP contribution in [0.2, 0.25) is 13.7 Å². The topological polar surface area (TPSA) is 29.1 Å². The van der Waals surface area contributed by atoms with E-state index in [1.807, 2.05) is 13.8 Å². The molecule has 1 saturated heterocycles. The number of nitrogens with one attached hydrogen (secondary N) is 1. The first-order valence-electron chi connectivity index (χ1n) is 9.88. The molecular weight excluding hydrogens is 342 g/mol. The third-order valence-electron chi connectivity index (χ3n) is 6.97. The first-order valence-corrected chi connectivity index (χ1v) is 13.8. The molecule has 0 aromatic heterocycles. The zero-order valence-corrected chi connectivity index (χ0v) is 17.4. The molecule has 2 saturated carbocycles. The van der Waals surface area contributed by atoms with Crippen molar-refractivity contribution in [3.8, 4) is 0 Å². The minimum absolute atomic E-state index is 0.757. The van der Waals surface area contributed by atoms with Crippen LogP contribution in [0.4, 0.5) is 0 Å². The maximum absolute atomic E-state index is 11.0. The molecule has 3 fully saturated rings. The van der Waals surface area contributed by atoms with E-state index in [4.69, 9.17) is 0 Å². The Kier molecular flexibility index (Phi) is 5.90. The van der Waals surface area contributed by atoms with Crippen molar-refractivity contribution in [2.45, 2.75) is 53.2 Å². The number of rotatable bonds is 4. The third-order valence-corrected chi connectivity index (χ3v) is 13.8. The Morgan fingerprint density at radius 3 is 2.08 bits per heavy atom. The van der Waals surface area contributed by atoms with Crippen LogP contribution in [0.1, 0.15) is 39.5 Å². The third kappa shape index (κ3) is 3.81. The normalized spacial score (nSPS) is 36.3. The Morgan fingerprint density at radius 1 is 1.00 bits per heavy atom. The van der Waals surface area contributed by atoms with Gasteiger partial charge in [0.1, 0.15) is 0 Å². The fourth-order valence-electron chi connectivity index (χ4n) is 5.43. The van der Waals surface area contributed by atoms with E-state index >= 15 is 0 Å². The second kappa shape index (κ2) is 7.80. The second-order valence-corrected chi connectivity index (χ2v) is 15.2. The van der Waals surface area contributed by atoms with Gasteiger partial charge in [0.25, 0.3) is 0 Å². The molecule has 3 heteroatoms. The fourth-order valence-corrected chi connectivity index (χ4v) is 13.3. The van der Waals surface area contributed by atoms with Gasteiger partial charge in [0.15, 0.2) is 0 Å². The zero-order valence-electron chi connectivity index (χ0n) is 15.8. The average molecular weight is 375 g/mol. The first-order chi connectivity index (χ1) is 12.0. The zero-order chi connectivity index (χ0) is 18.0. The average Bonchev–Trinajstić information content (AvgIpc) is 3.29. The summed E-state index contributed by atoms with van der Waals surface area (Å²) in [5.74, 6) is 3.39. The molecule has 0 aromatic carbocycles. The second-order valence-electron chi connectivity index (χ2n) is 8.54. The summed E-state index contributed by atoms with van der Waals surface area (Å²) in [6.07, 6.45) is 16.2. The van der Waals surface area contributed by atoms with Crippen molar-refractivity contribution in [1.29, 1.82) is 0 Å². The Labute approximate surface area is 157 Å². The van der Waals surface area contributed by atoms with Crippen LogP contribution < -0.4 is 3.80 Å². The van der Waals surface area contributed by atoms with Crippen molar-refractivity contribution >= 4 is 6.41 Å². The van der Waals surface area contributed by atoms with Crippen LogP contribution in [0.25, 0.3) is 0 Å². The van der Waals surface area contributed by atoms with Gasteiger partial charge in [0, 0.05) is 0 Å². The molecule has 0 aromatic rings. The summed E-state index contributed by atoms with van der Waals surface area (Å²) in [6, 6.07) is 0. The summed E-state index contributed by atoms with van der Waals surface area (Å²) in [6.45, 7) is 11.2. The van der Waals surface area contributed by atoms with Gasteiger partial charge < -0.3 is 0 Å². The van der Waals surface area contributed by atoms with Gasteiger partial charge in [-0.3, -0.25) is 0 Å². The Bertz CT molecular complexity index is 589. The van der Waals surface area contributed by atoms with Crippen LogP contribution in [0.3, 0.4) is 0 Å². The van der Waals surface area contributed by atoms with Crippen molar-refractivity contribution in [2.75, 3.05) is 0 Å². The number of amides is 1. The Hall–Kier alpha value is -0.856. The summed E-state index contributed by atoms with van der Waals surface area (Å²) in [5.41, 5.74) is 2.13. The molecule has 1 aliphatic heterocycles. The molecule has 1 N–H and O–H groups in total. The van der Waals surface area contributed by atoms with E-state index in [0.717, 1.165) is 45.5 Å². The number of allylic oxidation sites excluding steroid dienone is 6. The quantitative estimate of drug-likeness (QED) is 0.378. The minimum atomic E-state index is -2.00. The number of hydrogen-bond acceptors (Lipinski definition) is 1. The van der Waals surface area contributed by atoms with Gasteiger partial charge in [0.05, 0.1) is 0 Å². The van der Waals surface area contributed by atoms with Crippen molar-refractivity contribution < 1.29 is 21.6 Å². The molecule has 25 heavy (non-hydrogen) atoms. The number of fused-ring (bicyclic) bond motifs is 3. The van der Waals surface area contributed by atoms with Crippen LogP contribution in [-0.2, 0) is 21.6 Å². The van der Waals surface area contributed by atoms with Crippen LogP contribution in [0.15, 0.2) is 48.6 Å². The predicted molar refractivity (Wildman–Crippen MR) is 103 cm³/mol. The molecule has 0 spiro atoms. The Balaban J connectivity index is 0.000000265. The summed E-state index contributed by atoms with van der Waals surface area (Å²) >= 11 is -2.00. The molecule has 0 bridgehead atoms. The molecule has 5 unspecified atom stereocenters. The molecule has 3 aliphatic carbocycles. The molecule has 1 heterocycles. The molecule has 2 nitrogen and oxygen atoms in total. The molecule has 5 atom stereocenters. The number of hydrogen-bond donors (Lipinski definition) is 1. The van der Waals surface area contributed by atoms with Crippen molar-refractivity contribution in [1.82, 2.24) is 3.80 Å². The maximum atomic E-state index is 11.0. The van der Waals surface area contributed by atoms with E-state index in [1.54, 1.807) is 0 Å². The standard InChI is InChI=1S/C13H17.C6H10.C2H4.CH3NO.Ti/c1-3-7-12-10(5-1)9-11-6-2-4-8-13(11)12;1-5(2)6(3)4;1-2;2-1-3;/h1,3,5,7,9-13H,2,4,6,8H2;1,3H2,2,4H3;1-2H2;1H,(H2,2,3);/q;;;;+1/p-1. The monoisotopic (exact) mass is 375 g/mol. The van der Waals surface area contributed by atoms with E-state index < -0.39 is 16.8 Å². The van der Waals surface area contributed by atoms with Gasteiger partial charge in [-0.15, -0.1) is 0 Å². The summed E-state index contributed by atoms with van der Waals surface area (Å²) < 4.78 is 7.03. The number of carbonyl (C=O) groups is 1. The van der Waals surface area contributed by atoms with Crippen molar-refractivity contribution in [3.05, 3.63) is 48.6 Å². The van der Waals surface area contributed by atoms with Crippen LogP contribution in [-0.4, -0.2) is 6.41 Å². The van der Waals surface area contributed by atoms with Gasteiger partial charge in [-0.1, -0.05) is 24.3 Å². The van der Waals surface area contributed by atoms with Crippen molar-refractivity contribution in [3.63, 3.8) is 0 Å². The van der Waals surface area contributed by atoms with Crippen LogP contribution in [0, 0.1) is 23.7 Å².